The van der Waals surface area contributed by atoms with E-state index in [0.29, 0.717) is 41.9 Å². The fraction of sp³-hybridized carbons (Fsp3) is 0.929. The summed E-state index contributed by atoms with van der Waals surface area (Å²) in [6.45, 7) is 12.9. The van der Waals surface area contributed by atoms with Crippen molar-refractivity contribution in [2.75, 3.05) is 0 Å². The first-order chi connectivity index (χ1) is 14.7. The number of hydrogen-bond acceptors (Lipinski definition) is 1. The van der Waals surface area contributed by atoms with Crippen molar-refractivity contribution in [2.45, 2.75) is 111 Å². The quantitative estimate of drug-likeness (QED) is 0.425. The van der Waals surface area contributed by atoms with E-state index < -0.39 is 17.7 Å². The maximum absolute atomic E-state index is 13.0. The summed E-state index contributed by atoms with van der Waals surface area (Å²) in [5.41, 5.74) is 1.41. The number of fused-ring (bicyclic) bond motifs is 5. The number of halogens is 3. The van der Waals surface area contributed by atoms with Crippen LogP contribution in [0.4, 0.5) is 13.2 Å². The van der Waals surface area contributed by atoms with Gasteiger partial charge in [0.05, 0.1) is 11.5 Å². The van der Waals surface area contributed by atoms with Gasteiger partial charge >= 0.3 is 6.18 Å². The minimum absolute atomic E-state index is 0.215. The van der Waals surface area contributed by atoms with Crippen LogP contribution in [0.5, 0.6) is 0 Å². The van der Waals surface area contributed by atoms with E-state index >= 15 is 0 Å². The molecule has 4 rings (SSSR count). The molecule has 0 bridgehead atoms. The Balaban J connectivity index is 1.53. The smallest absolute Gasteiger partial charge is 0.390 e. The molecule has 4 heteroatoms. The Hall–Kier alpha value is -0.510. The Morgan fingerprint density at radius 2 is 1.69 bits per heavy atom. The summed E-state index contributed by atoms with van der Waals surface area (Å²) < 4.78 is 39.1. The highest BCUT2D eigenvalue weighted by molar-refractivity contribution is 5.28. The third-order valence-electron chi connectivity index (χ3n) is 11.1. The summed E-state index contributed by atoms with van der Waals surface area (Å²) >= 11 is 0. The molecular formula is C28H45F3O. The lowest BCUT2D eigenvalue weighted by Gasteiger charge is -2.60. The highest BCUT2D eigenvalue weighted by Gasteiger charge is 2.61. The molecule has 184 valence electrons. The third-order valence-corrected chi connectivity index (χ3v) is 11.1. The number of aliphatic hydroxyl groups is 1. The predicted octanol–water partition coefficient (Wildman–Crippen LogP) is 8.18. The van der Waals surface area contributed by atoms with Gasteiger partial charge in [-0.15, -0.1) is 0 Å². The number of alkyl halides is 3. The van der Waals surface area contributed by atoms with Crippen LogP contribution in [0, 0.1) is 52.3 Å². The molecule has 0 aromatic carbocycles. The summed E-state index contributed by atoms with van der Waals surface area (Å²) in [5, 5.41) is 10.7. The molecule has 0 aromatic rings. The molecule has 9 unspecified atom stereocenters. The number of hydrogen-bond donors (Lipinski definition) is 1. The standard InChI is InChI=1S/C28H45F3O/c1-17(7-8-19(3)28(29,30)31)21-9-10-22-24-18(2)15-20-16-25(4,32)13-14-26(20,5)23(24)11-12-27(21,22)6/h15,17-19,21-24,32H,7-14,16H2,1-6H3/t17?,18?,19?,21?,22?,23?,24?,25-,26?,27?/m0/s1. The van der Waals surface area contributed by atoms with Gasteiger partial charge in [-0.05, 0) is 111 Å². The van der Waals surface area contributed by atoms with Gasteiger partial charge in [0.1, 0.15) is 0 Å². The van der Waals surface area contributed by atoms with Crippen LogP contribution < -0.4 is 0 Å². The van der Waals surface area contributed by atoms with E-state index in [2.05, 4.69) is 33.8 Å². The Labute approximate surface area is 193 Å². The highest BCUT2D eigenvalue weighted by Crippen LogP contribution is 2.68. The van der Waals surface area contributed by atoms with Crippen molar-refractivity contribution in [3.8, 4) is 0 Å². The molecule has 10 atom stereocenters. The average molecular weight is 455 g/mol. The van der Waals surface area contributed by atoms with Crippen LogP contribution in [0.3, 0.4) is 0 Å². The minimum Gasteiger partial charge on any atom is -0.390 e. The van der Waals surface area contributed by atoms with Crippen molar-refractivity contribution in [1.29, 1.82) is 0 Å². The van der Waals surface area contributed by atoms with Crippen LogP contribution in [0.2, 0.25) is 0 Å². The van der Waals surface area contributed by atoms with Crippen molar-refractivity contribution >= 4 is 0 Å². The van der Waals surface area contributed by atoms with Gasteiger partial charge < -0.3 is 5.11 Å². The van der Waals surface area contributed by atoms with E-state index in [0.717, 1.165) is 19.3 Å². The van der Waals surface area contributed by atoms with Crippen LogP contribution in [0.1, 0.15) is 99.3 Å². The molecule has 1 N–H and O–H groups in total. The zero-order valence-electron chi connectivity index (χ0n) is 21.1. The second kappa shape index (κ2) is 8.02. The lowest BCUT2D eigenvalue weighted by molar-refractivity contribution is -0.172. The van der Waals surface area contributed by atoms with Gasteiger partial charge in [-0.1, -0.05) is 46.3 Å². The van der Waals surface area contributed by atoms with E-state index in [-0.39, 0.29) is 17.3 Å². The Morgan fingerprint density at radius 3 is 2.34 bits per heavy atom. The summed E-state index contributed by atoms with van der Waals surface area (Å²) in [6.07, 6.45) is 7.05. The SMILES string of the molecule is CC1C=C2C[C@@](C)(O)CCC2(C)C2CCC3(C)C(C(C)CCC(C)C(F)(F)F)CCC3C12. The van der Waals surface area contributed by atoms with Gasteiger partial charge in [0.25, 0.3) is 0 Å². The molecular weight excluding hydrogens is 409 g/mol. The molecule has 0 aliphatic heterocycles. The first-order valence-corrected chi connectivity index (χ1v) is 13.2. The lowest BCUT2D eigenvalue weighted by Crippen LogP contribution is -2.54. The van der Waals surface area contributed by atoms with Crippen LogP contribution >= 0.6 is 0 Å². The second-order valence-electron chi connectivity index (χ2n) is 13.2. The van der Waals surface area contributed by atoms with E-state index in [1.165, 1.54) is 38.2 Å². The van der Waals surface area contributed by atoms with Gasteiger partial charge in [0, 0.05) is 0 Å². The van der Waals surface area contributed by atoms with Crippen molar-refractivity contribution in [3.63, 3.8) is 0 Å². The predicted molar refractivity (Wildman–Crippen MR) is 124 cm³/mol. The van der Waals surface area contributed by atoms with E-state index in [1.807, 2.05) is 6.92 Å². The van der Waals surface area contributed by atoms with Gasteiger partial charge in [-0.2, -0.15) is 13.2 Å². The van der Waals surface area contributed by atoms with Crippen molar-refractivity contribution in [3.05, 3.63) is 11.6 Å². The van der Waals surface area contributed by atoms with Gasteiger partial charge in [0.15, 0.2) is 0 Å². The third kappa shape index (κ3) is 3.99. The van der Waals surface area contributed by atoms with Crippen molar-refractivity contribution in [1.82, 2.24) is 0 Å². The molecule has 32 heavy (non-hydrogen) atoms. The van der Waals surface area contributed by atoms with Crippen LogP contribution in [0.25, 0.3) is 0 Å². The first kappa shape index (κ1) is 24.6. The first-order valence-electron chi connectivity index (χ1n) is 13.2. The molecule has 0 amide bonds. The number of allylic oxidation sites excluding steroid dienone is 1. The van der Waals surface area contributed by atoms with Crippen LogP contribution in [-0.4, -0.2) is 16.9 Å². The van der Waals surface area contributed by atoms with Crippen molar-refractivity contribution in [2.24, 2.45) is 52.3 Å². The zero-order valence-corrected chi connectivity index (χ0v) is 21.1. The van der Waals surface area contributed by atoms with Crippen molar-refractivity contribution < 1.29 is 18.3 Å². The molecule has 0 spiro atoms. The maximum atomic E-state index is 13.0. The Bertz CT molecular complexity index is 739. The topological polar surface area (TPSA) is 20.2 Å². The molecule has 0 radical (unpaired) electrons. The molecule has 0 heterocycles. The maximum Gasteiger partial charge on any atom is 0.391 e. The molecule has 3 fully saturated rings. The van der Waals surface area contributed by atoms with Crippen LogP contribution in [-0.2, 0) is 0 Å². The largest absolute Gasteiger partial charge is 0.391 e. The molecule has 0 saturated heterocycles. The average Bonchev–Trinajstić information content (AvgIpc) is 3.03. The lowest BCUT2D eigenvalue weighted by atomic mass is 9.44. The minimum atomic E-state index is -4.07. The molecule has 4 aliphatic rings. The molecule has 0 aromatic heterocycles. The van der Waals surface area contributed by atoms with E-state index in [9.17, 15) is 18.3 Å². The van der Waals surface area contributed by atoms with Crippen LogP contribution in [0.15, 0.2) is 11.6 Å². The fourth-order valence-electron chi connectivity index (χ4n) is 9.02. The summed E-state index contributed by atoms with van der Waals surface area (Å²) in [6, 6.07) is 0. The Kier molecular flexibility index (Phi) is 6.17. The second-order valence-corrected chi connectivity index (χ2v) is 13.2. The molecule has 1 nitrogen and oxygen atoms in total. The summed E-state index contributed by atoms with van der Waals surface area (Å²) in [7, 11) is 0. The molecule has 4 aliphatic carbocycles. The van der Waals surface area contributed by atoms with Gasteiger partial charge in [0.2, 0.25) is 0 Å². The number of rotatable bonds is 4. The van der Waals surface area contributed by atoms with Gasteiger partial charge in [-0.3, -0.25) is 0 Å². The zero-order chi connectivity index (χ0) is 23.7. The van der Waals surface area contributed by atoms with E-state index in [1.54, 1.807) is 0 Å². The summed E-state index contributed by atoms with van der Waals surface area (Å²) in [5.74, 6) is 2.28. The monoisotopic (exact) mass is 454 g/mol. The van der Waals surface area contributed by atoms with E-state index in [4.69, 9.17) is 0 Å². The normalized spacial score (nSPS) is 48.3. The Morgan fingerprint density at radius 1 is 1.00 bits per heavy atom. The summed E-state index contributed by atoms with van der Waals surface area (Å²) in [4.78, 5) is 0. The van der Waals surface area contributed by atoms with Gasteiger partial charge in [-0.25, -0.2) is 0 Å². The molecule has 3 saturated carbocycles. The highest BCUT2D eigenvalue weighted by atomic mass is 19.4. The fourth-order valence-corrected chi connectivity index (χ4v) is 9.02.